The lowest BCUT2D eigenvalue weighted by atomic mass is 10.0. The molecule has 1 saturated heterocycles. The highest BCUT2D eigenvalue weighted by atomic mass is 16.5. The van der Waals surface area contributed by atoms with Gasteiger partial charge >= 0.3 is 6.03 Å². The molecule has 0 radical (unpaired) electrons. The highest BCUT2D eigenvalue weighted by molar-refractivity contribution is 5.96. The van der Waals surface area contributed by atoms with Gasteiger partial charge in [-0.1, -0.05) is 18.2 Å². The van der Waals surface area contributed by atoms with E-state index in [9.17, 15) is 9.59 Å². The summed E-state index contributed by atoms with van der Waals surface area (Å²) in [5, 5.41) is 2.98. The first-order chi connectivity index (χ1) is 15.7. The number of anilines is 1. The molecule has 7 heteroatoms. The first kappa shape index (κ1) is 22.3. The third kappa shape index (κ3) is 5.11. The number of fused-ring (bicyclic) bond motifs is 1. The van der Waals surface area contributed by atoms with E-state index >= 15 is 0 Å². The molecule has 1 N–H and O–H groups in total. The number of hydrogen-bond acceptors (Lipinski definition) is 4. The van der Waals surface area contributed by atoms with E-state index in [1.807, 2.05) is 53.1 Å². The molecule has 0 bridgehead atoms. The van der Waals surface area contributed by atoms with Gasteiger partial charge in [0, 0.05) is 50.6 Å². The van der Waals surface area contributed by atoms with Gasteiger partial charge < -0.3 is 19.7 Å². The van der Waals surface area contributed by atoms with Crippen molar-refractivity contribution in [2.24, 2.45) is 0 Å². The normalized spacial score (nSPS) is 15.5. The maximum absolute atomic E-state index is 12.6. The second-order valence-electron chi connectivity index (χ2n) is 8.01. The number of morpholine rings is 1. The molecule has 0 aromatic heterocycles. The second kappa shape index (κ2) is 10.6. The smallest absolute Gasteiger partial charge is 0.321 e. The molecule has 2 aliphatic heterocycles. The first-order valence-electron chi connectivity index (χ1n) is 11.4. The van der Waals surface area contributed by atoms with Gasteiger partial charge in [0.25, 0.3) is 5.91 Å². The Morgan fingerprint density at radius 2 is 1.78 bits per heavy atom. The fourth-order valence-electron chi connectivity index (χ4n) is 4.16. The van der Waals surface area contributed by atoms with Crippen molar-refractivity contribution >= 4 is 17.6 Å². The van der Waals surface area contributed by atoms with Crippen LogP contribution < -0.4 is 10.2 Å². The first-order valence-corrected chi connectivity index (χ1v) is 11.4. The fourth-order valence-corrected chi connectivity index (χ4v) is 4.16. The molecule has 32 heavy (non-hydrogen) atoms. The predicted octanol–water partition coefficient (Wildman–Crippen LogP) is 3.32. The van der Waals surface area contributed by atoms with Crippen molar-refractivity contribution in [2.45, 2.75) is 19.8 Å². The van der Waals surface area contributed by atoms with Crippen molar-refractivity contribution in [3.8, 4) is 11.1 Å². The molecule has 2 heterocycles. The monoisotopic (exact) mass is 437 g/mol. The third-order valence-corrected chi connectivity index (χ3v) is 5.93. The van der Waals surface area contributed by atoms with Gasteiger partial charge in [-0.3, -0.25) is 9.69 Å². The van der Waals surface area contributed by atoms with Crippen molar-refractivity contribution in [1.82, 2.24) is 10.2 Å². The number of benzene rings is 2. The molecule has 170 valence electrons. The summed E-state index contributed by atoms with van der Waals surface area (Å²) in [6, 6.07) is 13.9. The average Bonchev–Trinajstić information content (AvgIpc) is 3.27. The van der Waals surface area contributed by atoms with Crippen LogP contribution in [0.3, 0.4) is 0 Å². The summed E-state index contributed by atoms with van der Waals surface area (Å²) in [5.74, 6) is 0.0525. The maximum atomic E-state index is 12.6. The van der Waals surface area contributed by atoms with Gasteiger partial charge in [0.15, 0.2) is 0 Å². The van der Waals surface area contributed by atoms with Crippen LogP contribution in [0.1, 0.15) is 29.3 Å². The SMILES string of the molecule is CCOCCCNC(=O)N1CCc2cc(-c3ccc(C(=O)N4CCOCC4)cc3)ccc21. The van der Waals surface area contributed by atoms with Crippen LogP contribution in [-0.4, -0.2) is 69.4 Å². The average molecular weight is 438 g/mol. The predicted molar refractivity (Wildman–Crippen MR) is 124 cm³/mol. The zero-order valence-corrected chi connectivity index (χ0v) is 18.6. The Labute approximate surface area is 189 Å². The van der Waals surface area contributed by atoms with Crippen LogP contribution in [0.15, 0.2) is 42.5 Å². The Morgan fingerprint density at radius 3 is 2.53 bits per heavy atom. The molecule has 2 aromatic rings. The molecule has 0 unspecified atom stereocenters. The van der Waals surface area contributed by atoms with E-state index in [1.165, 1.54) is 5.56 Å². The number of ether oxygens (including phenoxy) is 2. The Kier molecular flexibility index (Phi) is 7.39. The van der Waals surface area contributed by atoms with Gasteiger partial charge in [0.2, 0.25) is 0 Å². The minimum absolute atomic E-state index is 0.0525. The minimum atomic E-state index is -0.0565. The van der Waals surface area contributed by atoms with Crippen molar-refractivity contribution in [1.29, 1.82) is 0 Å². The van der Waals surface area contributed by atoms with E-state index in [0.29, 0.717) is 58.2 Å². The number of rotatable bonds is 7. The van der Waals surface area contributed by atoms with Gasteiger partial charge in [-0.15, -0.1) is 0 Å². The molecule has 0 atom stereocenters. The number of nitrogens with one attached hydrogen (secondary N) is 1. The molecular formula is C25H31N3O4. The van der Waals surface area contributed by atoms with Crippen LogP contribution >= 0.6 is 0 Å². The standard InChI is InChI=1S/C25H31N3O4/c1-2-31-15-3-11-26-25(30)28-12-10-22-18-21(8-9-23(22)28)19-4-6-20(7-5-19)24(29)27-13-16-32-17-14-27/h4-9,18H,2-3,10-17H2,1H3,(H,26,30). The topological polar surface area (TPSA) is 71.1 Å². The third-order valence-electron chi connectivity index (χ3n) is 5.93. The lowest BCUT2D eigenvalue weighted by Crippen LogP contribution is -2.40. The van der Waals surface area contributed by atoms with Gasteiger partial charge in [-0.2, -0.15) is 0 Å². The summed E-state index contributed by atoms with van der Waals surface area (Å²) < 4.78 is 10.6. The number of carbonyl (C=O) groups is 2. The molecule has 4 rings (SSSR count). The zero-order chi connectivity index (χ0) is 22.3. The van der Waals surface area contributed by atoms with E-state index in [2.05, 4.69) is 11.4 Å². The molecular weight excluding hydrogens is 406 g/mol. The molecule has 1 fully saturated rings. The Hall–Kier alpha value is -2.90. The zero-order valence-electron chi connectivity index (χ0n) is 18.6. The van der Waals surface area contributed by atoms with Crippen LogP contribution in [0, 0.1) is 0 Å². The minimum Gasteiger partial charge on any atom is -0.382 e. The van der Waals surface area contributed by atoms with Crippen LogP contribution in [0.4, 0.5) is 10.5 Å². The largest absolute Gasteiger partial charge is 0.382 e. The lowest BCUT2D eigenvalue weighted by Gasteiger charge is -2.26. The van der Waals surface area contributed by atoms with Gasteiger partial charge in [0.1, 0.15) is 0 Å². The van der Waals surface area contributed by atoms with Crippen LogP contribution in [-0.2, 0) is 15.9 Å². The van der Waals surface area contributed by atoms with Crippen LogP contribution in [0.2, 0.25) is 0 Å². The van der Waals surface area contributed by atoms with E-state index in [0.717, 1.165) is 29.7 Å². The van der Waals surface area contributed by atoms with E-state index in [-0.39, 0.29) is 11.9 Å². The number of urea groups is 1. The molecule has 3 amide bonds. The fraction of sp³-hybridized carbons (Fsp3) is 0.440. The summed E-state index contributed by atoms with van der Waals surface area (Å²) in [6.07, 6.45) is 1.65. The quantitative estimate of drug-likeness (QED) is 0.675. The molecule has 2 aliphatic rings. The second-order valence-corrected chi connectivity index (χ2v) is 8.01. The van der Waals surface area contributed by atoms with E-state index in [1.54, 1.807) is 0 Å². The number of amides is 3. The summed E-state index contributed by atoms with van der Waals surface area (Å²) >= 11 is 0. The summed E-state index contributed by atoms with van der Waals surface area (Å²) in [7, 11) is 0. The Balaban J connectivity index is 1.39. The van der Waals surface area contributed by atoms with Gasteiger partial charge in [-0.05, 0) is 60.7 Å². The van der Waals surface area contributed by atoms with Crippen LogP contribution in [0.25, 0.3) is 11.1 Å². The van der Waals surface area contributed by atoms with Crippen molar-refractivity contribution in [3.05, 3.63) is 53.6 Å². The maximum Gasteiger partial charge on any atom is 0.321 e. The highest BCUT2D eigenvalue weighted by Crippen LogP contribution is 2.32. The van der Waals surface area contributed by atoms with Crippen LogP contribution in [0.5, 0.6) is 0 Å². The van der Waals surface area contributed by atoms with Crippen molar-refractivity contribution in [2.75, 3.05) is 57.5 Å². The van der Waals surface area contributed by atoms with Gasteiger partial charge in [-0.25, -0.2) is 4.79 Å². The molecule has 0 saturated carbocycles. The lowest BCUT2D eigenvalue weighted by molar-refractivity contribution is 0.0303. The van der Waals surface area contributed by atoms with Gasteiger partial charge in [0.05, 0.1) is 13.2 Å². The van der Waals surface area contributed by atoms with Crippen molar-refractivity contribution < 1.29 is 19.1 Å². The molecule has 0 spiro atoms. The number of nitrogens with zero attached hydrogens (tertiary/aromatic N) is 2. The molecule has 2 aromatic carbocycles. The summed E-state index contributed by atoms with van der Waals surface area (Å²) in [6.45, 7) is 7.09. The number of carbonyl (C=O) groups excluding carboxylic acids is 2. The summed E-state index contributed by atoms with van der Waals surface area (Å²) in [4.78, 5) is 28.9. The summed E-state index contributed by atoms with van der Waals surface area (Å²) in [5.41, 5.74) is 4.98. The van der Waals surface area contributed by atoms with E-state index in [4.69, 9.17) is 9.47 Å². The Bertz CT molecular complexity index is 939. The molecule has 7 nitrogen and oxygen atoms in total. The Morgan fingerprint density at radius 1 is 1.03 bits per heavy atom. The highest BCUT2D eigenvalue weighted by Gasteiger charge is 2.25. The molecule has 0 aliphatic carbocycles. The van der Waals surface area contributed by atoms with Crippen molar-refractivity contribution in [3.63, 3.8) is 0 Å². The van der Waals surface area contributed by atoms with E-state index < -0.39 is 0 Å². The number of hydrogen-bond donors (Lipinski definition) is 1.